The molecule has 4 N–H and O–H groups in total. The fraction of sp³-hybridized carbons (Fsp3) is 0.538. The van der Waals surface area contributed by atoms with Gasteiger partial charge in [-0.15, -0.1) is 0 Å². The molecule has 0 radical (unpaired) electrons. The van der Waals surface area contributed by atoms with Gasteiger partial charge in [0.2, 0.25) is 10.0 Å². The number of halogens is 2. The first-order valence-electron chi connectivity index (χ1n) is 6.73. The number of hydrogen-bond donors (Lipinski definition) is 3. The number of benzene rings is 1. The minimum atomic E-state index is -3.84. The molecule has 0 amide bonds. The topological polar surface area (TPSA) is 92.4 Å². The summed E-state index contributed by atoms with van der Waals surface area (Å²) in [5, 5.41) is 9.84. The van der Waals surface area contributed by atoms with Crippen LogP contribution in [-0.4, -0.2) is 26.2 Å². The van der Waals surface area contributed by atoms with Crippen molar-refractivity contribution in [2.45, 2.75) is 36.7 Å². The third kappa shape index (κ3) is 4.02. The van der Waals surface area contributed by atoms with E-state index >= 15 is 0 Å². The highest BCUT2D eigenvalue weighted by atomic mass is 35.5. The number of sulfonamides is 1. The number of rotatable bonds is 4. The van der Waals surface area contributed by atoms with Gasteiger partial charge in [-0.25, -0.2) is 13.1 Å². The van der Waals surface area contributed by atoms with Gasteiger partial charge in [-0.2, -0.15) is 0 Å². The highest BCUT2D eigenvalue weighted by molar-refractivity contribution is 7.89. The fourth-order valence-electron chi connectivity index (χ4n) is 2.55. The standard InChI is InChI=1S/C13H18Cl2N2O3S/c14-10-5-9(16)6-11(15)13(10)21(19,20)17-7-8-3-1-2-4-12(8)18/h5-6,8,12,17-18H,1-4,7,16H2. The molecule has 2 atom stereocenters. The fourth-order valence-corrected chi connectivity index (χ4v) is 4.87. The normalized spacial score (nSPS) is 23.2. The molecule has 2 unspecified atom stereocenters. The molecule has 1 aliphatic carbocycles. The quantitative estimate of drug-likeness (QED) is 0.725. The van der Waals surface area contributed by atoms with Crippen LogP contribution in [0, 0.1) is 5.92 Å². The van der Waals surface area contributed by atoms with Crippen LogP contribution in [-0.2, 0) is 10.0 Å². The van der Waals surface area contributed by atoms with Crippen molar-refractivity contribution >= 4 is 38.9 Å². The summed E-state index contributed by atoms with van der Waals surface area (Å²) in [4.78, 5) is -0.176. The van der Waals surface area contributed by atoms with E-state index in [1.807, 2.05) is 0 Å². The average molecular weight is 353 g/mol. The second-order valence-corrected chi connectivity index (χ2v) is 7.80. The number of aliphatic hydroxyl groups is 1. The van der Waals surface area contributed by atoms with Crippen LogP contribution in [0.2, 0.25) is 10.0 Å². The predicted molar refractivity (Wildman–Crippen MR) is 84.0 cm³/mol. The molecule has 0 aliphatic heterocycles. The van der Waals surface area contributed by atoms with Gasteiger partial charge in [0.05, 0.1) is 16.1 Å². The van der Waals surface area contributed by atoms with E-state index in [1.54, 1.807) is 0 Å². The van der Waals surface area contributed by atoms with Gasteiger partial charge in [0, 0.05) is 12.2 Å². The van der Waals surface area contributed by atoms with E-state index in [-0.39, 0.29) is 27.4 Å². The lowest BCUT2D eigenvalue weighted by atomic mass is 9.87. The van der Waals surface area contributed by atoms with Crippen LogP contribution >= 0.6 is 23.2 Å². The number of anilines is 1. The Labute approximate surface area is 134 Å². The highest BCUT2D eigenvalue weighted by Crippen LogP contribution is 2.32. The first kappa shape index (κ1) is 16.8. The summed E-state index contributed by atoms with van der Waals surface area (Å²) < 4.78 is 27.1. The van der Waals surface area contributed by atoms with Crippen LogP contribution < -0.4 is 10.5 Å². The Kier molecular flexibility index (Phi) is 5.38. The van der Waals surface area contributed by atoms with Gasteiger partial charge in [0.25, 0.3) is 0 Å². The van der Waals surface area contributed by atoms with E-state index in [9.17, 15) is 13.5 Å². The molecule has 0 saturated heterocycles. The molecule has 0 spiro atoms. The molecule has 8 heteroatoms. The van der Waals surface area contributed by atoms with E-state index in [2.05, 4.69) is 4.72 Å². The van der Waals surface area contributed by atoms with Crippen molar-refractivity contribution in [3.8, 4) is 0 Å². The summed E-state index contributed by atoms with van der Waals surface area (Å²) >= 11 is 11.9. The SMILES string of the molecule is Nc1cc(Cl)c(S(=O)(=O)NCC2CCCCC2O)c(Cl)c1. The monoisotopic (exact) mass is 352 g/mol. The third-order valence-corrected chi connectivity index (χ3v) is 6.04. The molecule has 1 saturated carbocycles. The Morgan fingerprint density at radius 2 is 1.81 bits per heavy atom. The van der Waals surface area contributed by atoms with Crippen LogP contribution in [0.5, 0.6) is 0 Å². The second kappa shape index (κ2) is 6.71. The lowest BCUT2D eigenvalue weighted by Crippen LogP contribution is -2.36. The third-order valence-electron chi connectivity index (χ3n) is 3.69. The van der Waals surface area contributed by atoms with Gasteiger partial charge in [0.15, 0.2) is 0 Å². The Morgan fingerprint density at radius 3 is 2.38 bits per heavy atom. The minimum absolute atomic E-state index is 0.0170. The number of nitrogens with one attached hydrogen (secondary N) is 1. The molecule has 1 aromatic rings. The van der Waals surface area contributed by atoms with Crippen molar-refractivity contribution in [2.75, 3.05) is 12.3 Å². The summed E-state index contributed by atoms with van der Waals surface area (Å²) in [7, 11) is -3.84. The first-order valence-corrected chi connectivity index (χ1v) is 8.97. The maximum absolute atomic E-state index is 12.3. The molecule has 0 aromatic heterocycles. The minimum Gasteiger partial charge on any atom is -0.399 e. The van der Waals surface area contributed by atoms with Crippen LogP contribution in [0.4, 0.5) is 5.69 Å². The van der Waals surface area contributed by atoms with E-state index in [0.29, 0.717) is 12.1 Å². The zero-order valence-electron chi connectivity index (χ0n) is 11.4. The van der Waals surface area contributed by atoms with E-state index < -0.39 is 16.1 Å². The molecule has 118 valence electrons. The maximum Gasteiger partial charge on any atom is 0.243 e. The van der Waals surface area contributed by atoms with Crippen LogP contribution in [0.3, 0.4) is 0 Å². The van der Waals surface area contributed by atoms with E-state index in [0.717, 1.165) is 19.3 Å². The van der Waals surface area contributed by atoms with Crippen LogP contribution in [0.25, 0.3) is 0 Å². The Morgan fingerprint density at radius 1 is 1.24 bits per heavy atom. The zero-order valence-corrected chi connectivity index (χ0v) is 13.7. The van der Waals surface area contributed by atoms with Crippen molar-refractivity contribution in [3.63, 3.8) is 0 Å². The van der Waals surface area contributed by atoms with E-state index in [1.165, 1.54) is 12.1 Å². The van der Waals surface area contributed by atoms with Crippen LogP contribution in [0.1, 0.15) is 25.7 Å². The van der Waals surface area contributed by atoms with Gasteiger partial charge in [-0.1, -0.05) is 36.0 Å². The molecule has 0 bridgehead atoms. The molecular weight excluding hydrogens is 335 g/mol. The van der Waals surface area contributed by atoms with Gasteiger partial charge >= 0.3 is 0 Å². The molecule has 1 aliphatic rings. The van der Waals surface area contributed by atoms with Crippen molar-refractivity contribution in [3.05, 3.63) is 22.2 Å². The van der Waals surface area contributed by atoms with Crippen molar-refractivity contribution < 1.29 is 13.5 Å². The lowest BCUT2D eigenvalue weighted by Gasteiger charge is -2.27. The molecular formula is C13H18Cl2N2O3S. The van der Waals surface area contributed by atoms with Crippen LogP contribution in [0.15, 0.2) is 17.0 Å². The Bertz CT molecular complexity index is 599. The van der Waals surface area contributed by atoms with Crippen molar-refractivity contribution in [1.82, 2.24) is 4.72 Å². The van der Waals surface area contributed by atoms with Crippen molar-refractivity contribution in [1.29, 1.82) is 0 Å². The number of aliphatic hydroxyl groups excluding tert-OH is 1. The first-order chi connectivity index (χ1) is 9.81. The summed E-state index contributed by atoms with van der Waals surface area (Å²) in [6.45, 7) is 0.167. The van der Waals surface area contributed by atoms with E-state index in [4.69, 9.17) is 28.9 Å². The van der Waals surface area contributed by atoms with Gasteiger partial charge < -0.3 is 10.8 Å². The molecule has 21 heavy (non-hydrogen) atoms. The zero-order chi connectivity index (χ0) is 15.6. The maximum atomic E-state index is 12.3. The summed E-state index contributed by atoms with van der Waals surface area (Å²) in [6, 6.07) is 2.69. The highest BCUT2D eigenvalue weighted by Gasteiger charge is 2.27. The average Bonchev–Trinajstić information content (AvgIpc) is 2.36. The summed E-state index contributed by atoms with van der Waals surface area (Å²) in [6.07, 6.45) is 2.99. The molecule has 1 aromatic carbocycles. The smallest absolute Gasteiger partial charge is 0.243 e. The number of hydrogen-bond acceptors (Lipinski definition) is 4. The molecule has 1 fully saturated rings. The Hall–Kier alpha value is -0.530. The number of nitrogen functional groups attached to an aromatic ring is 1. The van der Waals surface area contributed by atoms with Gasteiger partial charge in [-0.05, 0) is 30.9 Å². The lowest BCUT2D eigenvalue weighted by molar-refractivity contribution is 0.0724. The van der Waals surface area contributed by atoms with Gasteiger partial charge in [-0.3, -0.25) is 0 Å². The van der Waals surface area contributed by atoms with Gasteiger partial charge in [0.1, 0.15) is 4.90 Å². The van der Waals surface area contributed by atoms with Crippen molar-refractivity contribution in [2.24, 2.45) is 5.92 Å². The second-order valence-electron chi connectivity index (χ2n) is 5.28. The predicted octanol–water partition coefficient (Wildman–Crippen LogP) is 2.41. The molecule has 5 nitrogen and oxygen atoms in total. The summed E-state index contributed by atoms with van der Waals surface area (Å²) in [5.74, 6) is -0.0835. The number of nitrogens with two attached hydrogens (primary N) is 1. The largest absolute Gasteiger partial charge is 0.399 e. The Balaban J connectivity index is 2.15. The summed E-state index contributed by atoms with van der Waals surface area (Å²) in [5.41, 5.74) is 5.86. The molecule has 2 rings (SSSR count). The molecule has 0 heterocycles.